The number of hydrogen-bond donors (Lipinski definition) is 1. The molecule has 1 aromatic rings. The summed E-state index contributed by atoms with van der Waals surface area (Å²) in [7, 11) is 0. The number of benzene rings is 1. The molecule has 1 N–H and O–H groups in total. The van der Waals surface area contributed by atoms with Gasteiger partial charge in [-0.1, -0.05) is 35.3 Å². The van der Waals surface area contributed by atoms with Crippen LogP contribution in [-0.4, -0.2) is 25.7 Å². The maximum atomic E-state index is 11.7. The first-order valence-electron chi connectivity index (χ1n) is 5.85. The molecule has 1 aromatic carbocycles. The number of unbranched alkanes of at least 4 members (excludes halogenated alkanes) is 1. The molecule has 0 heterocycles. The van der Waals surface area contributed by atoms with Crippen LogP contribution in [0.3, 0.4) is 0 Å². The Kier molecular flexibility index (Phi) is 6.89. The van der Waals surface area contributed by atoms with Crippen LogP contribution in [-0.2, 0) is 4.74 Å². The second-order valence-corrected chi connectivity index (χ2v) is 4.65. The van der Waals surface area contributed by atoms with Gasteiger partial charge in [0.1, 0.15) is 0 Å². The van der Waals surface area contributed by atoms with Gasteiger partial charge in [0.05, 0.1) is 6.61 Å². The molecule has 17 heavy (non-hydrogen) atoms. The lowest BCUT2D eigenvalue weighted by molar-refractivity contribution is 0.0912. The first-order chi connectivity index (χ1) is 8.24. The van der Waals surface area contributed by atoms with Gasteiger partial charge in [0, 0.05) is 23.2 Å². The predicted octanol–water partition coefficient (Wildman–Crippen LogP) is 3.00. The number of halogens is 1. The fraction of sp³-hybridized carbons (Fsp3) is 0.462. The van der Waals surface area contributed by atoms with Gasteiger partial charge in [0.2, 0.25) is 0 Å². The maximum absolute atomic E-state index is 11.7. The lowest BCUT2D eigenvalue weighted by atomic mass is 10.2. The standard InChI is InChI=1S/C13H18BrNO2/c1-2-3-8-17-9-7-15-13(16)11-5-4-6-12(14)10-11/h4-6,10H,2-3,7-9H2,1H3,(H,15,16). The van der Waals surface area contributed by atoms with Crippen LogP contribution in [0.15, 0.2) is 28.7 Å². The van der Waals surface area contributed by atoms with E-state index in [0.29, 0.717) is 18.7 Å². The van der Waals surface area contributed by atoms with Gasteiger partial charge in [0.15, 0.2) is 0 Å². The van der Waals surface area contributed by atoms with Crippen LogP contribution in [0.5, 0.6) is 0 Å². The molecule has 0 aliphatic carbocycles. The highest BCUT2D eigenvalue weighted by Crippen LogP contribution is 2.11. The van der Waals surface area contributed by atoms with Crippen LogP contribution in [0.2, 0.25) is 0 Å². The number of nitrogens with one attached hydrogen (secondary N) is 1. The minimum atomic E-state index is -0.0645. The zero-order chi connectivity index (χ0) is 12.5. The van der Waals surface area contributed by atoms with Crippen molar-refractivity contribution in [1.29, 1.82) is 0 Å². The summed E-state index contributed by atoms with van der Waals surface area (Å²) in [4.78, 5) is 11.7. The molecule has 94 valence electrons. The quantitative estimate of drug-likeness (QED) is 0.786. The molecule has 0 saturated heterocycles. The SMILES string of the molecule is CCCCOCCNC(=O)c1cccc(Br)c1. The molecule has 0 aliphatic rings. The average Bonchev–Trinajstić information content (AvgIpc) is 2.33. The summed E-state index contributed by atoms with van der Waals surface area (Å²) in [5, 5.41) is 2.82. The molecule has 1 rings (SSSR count). The summed E-state index contributed by atoms with van der Waals surface area (Å²) >= 11 is 3.34. The van der Waals surface area contributed by atoms with Crippen LogP contribution in [0.25, 0.3) is 0 Å². The minimum Gasteiger partial charge on any atom is -0.380 e. The van der Waals surface area contributed by atoms with Gasteiger partial charge in [-0.15, -0.1) is 0 Å². The second-order valence-electron chi connectivity index (χ2n) is 3.73. The van der Waals surface area contributed by atoms with E-state index in [1.165, 1.54) is 0 Å². The third-order valence-corrected chi connectivity index (χ3v) is 2.75. The van der Waals surface area contributed by atoms with Crippen molar-refractivity contribution in [2.45, 2.75) is 19.8 Å². The number of hydrogen-bond acceptors (Lipinski definition) is 2. The molecular formula is C13H18BrNO2. The number of carbonyl (C=O) groups excluding carboxylic acids is 1. The third kappa shape index (κ3) is 5.84. The normalized spacial score (nSPS) is 10.2. The number of rotatable bonds is 7. The van der Waals surface area contributed by atoms with E-state index in [2.05, 4.69) is 28.2 Å². The van der Waals surface area contributed by atoms with Gasteiger partial charge in [-0.2, -0.15) is 0 Å². The smallest absolute Gasteiger partial charge is 0.251 e. The van der Waals surface area contributed by atoms with E-state index in [9.17, 15) is 4.79 Å². The van der Waals surface area contributed by atoms with Crippen LogP contribution in [0.4, 0.5) is 0 Å². The lowest BCUT2D eigenvalue weighted by Gasteiger charge is -2.06. The largest absolute Gasteiger partial charge is 0.380 e. The average molecular weight is 300 g/mol. The lowest BCUT2D eigenvalue weighted by Crippen LogP contribution is -2.27. The molecule has 0 aromatic heterocycles. The number of carbonyl (C=O) groups is 1. The van der Waals surface area contributed by atoms with Crippen molar-refractivity contribution in [2.75, 3.05) is 19.8 Å². The van der Waals surface area contributed by atoms with Crippen molar-refractivity contribution < 1.29 is 9.53 Å². The van der Waals surface area contributed by atoms with E-state index in [0.717, 1.165) is 23.9 Å². The molecule has 0 unspecified atom stereocenters. The highest BCUT2D eigenvalue weighted by atomic mass is 79.9. The van der Waals surface area contributed by atoms with E-state index in [-0.39, 0.29) is 5.91 Å². The molecule has 0 fully saturated rings. The fourth-order valence-electron chi connectivity index (χ4n) is 1.32. The summed E-state index contributed by atoms with van der Waals surface area (Å²) in [6.45, 7) is 4.01. The van der Waals surface area contributed by atoms with E-state index in [1.807, 2.05) is 12.1 Å². The van der Waals surface area contributed by atoms with Crippen LogP contribution >= 0.6 is 15.9 Å². The second kappa shape index (κ2) is 8.25. The Hall–Kier alpha value is -0.870. The monoisotopic (exact) mass is 299 g/mol. The third-order valence-electron chi connectivity index (χ3n) is 2.26. The molecule has 3 nitrogen and oxygen atoms in total. The van der Waals surface area contributed by atoms with Crippen molar-refractivity contribution in [3.05, 3.63) is 34.3 Å². The van der Waals surface area contributed by atoms with Crippen LogP contribution < -0.4 is 5.32 Å². The van der Waals surface area contributed by atoms with Gasteiger partial charge < -0.3 is 10.1 Å². The molecular weight excluding hydrogens is 282 g/mol. The Morgan fingerprint density at radius 1 is 1.41 bits per heavy atom. The summed E-state index contributed by atoms with van der Waals surface area (Å²) in [6.07, 6.45) is 2.20. The first kappa shape index (κ1) is 14.2. The van der Waals surface area contributed by atoms with Crippen molar-refractivity contribution in [2.24, 2.45) is 0 Å². The molecule has 4 heteroatoms. The predicted molar refractivity (Wildman–Crippen MR) is 72.2 cm³/mol. The fourth-order valence-corrected chi connectivity index (χ4v) is 1.72. The first-order valence-corrected chi connectivity index (χ1v) is 6.65. The van der Waals surface area contributed by atoms with Crippen molar-refractivity contribution in [1.82, 2.24) is 5.32 Å². The van der Waals surface area contributed by atoms with Gasteiger partial charge in [-0.25, -0.2) is 0 Å². The Morgan fingerprint density at radius 2 is 2.24 bits per heavy atom. The molecule has 0 radical (unpaired) electrons. The van der Waals surface area contributed by atoms with E-state index < -0.39 is 0 Å². The highest BCUT2D eigenvalue weighted by Gasteiger charge is 2.04. The zero-order valence-electron chi connectivity index (χ0n) is 10.0. The topological polar surface area (TPSA) is 38.3 Å². The summed E-state index contributed by atoms with van der Waals surface area (Å²) in [5.74, 6) is -0.0645. The zero-order valence-corrected chi connectivity index (χ0v) is 11.6. The minimum absolute atomic E-state index is 0.0645. The Balaban J connectivity index is 2.21. The Bertz CT molecular complexity index is 355. The van der Waals surface area contributed by atoms with Crippen molar-refractivity contribution in [3.63, 3.8) is 0 Å². The maximum Gasteiger partial charge on any atom is 0.251 e. The summed E-state index contributed by atoms with van der Waals surface area (Å²) in [5.41, 5.74) is 0.660. The van der Waals surface area contributed by atoms with Gasteiger partial charge in [-0.3, -0.25) is 4.79 Å². The van der Waals surface area contributed by atoms with Gasteiger partial charge in [-0.05, 0) is 24.6 Å². The molecule has 0 atom stereocenters. The molecule has 0 spiro atoms. The molecule has 0 aliphatic heterocycles. The van der Waals surface area contributed by atoms with Crippen LogP contribution in [0, 0.1) is 0 Å². The van der Waals surface area contributed by atoms with E-state index >= 15 is 0 Å². The number of amides is 1. The van der Waals surface area contributed by atoms with Crippen molar-refractivity contribution >= 4 is 21.8 Å². The molecule has 0 bridgehead atoms. The van der Waals surface area contributed by atoms with Crippen molar-refractivity contribution in [3.8, 4) is 0 Å². The number of ether oxygens (including phenoxy) is 1. The molecule has 1 amide bonds. The Labute approximate surface area is 111 Å². The Morgan fingerprint density at radius 3 is 2.94 bits per heavy atom. The van der Waals surface area contributed by atoms with Crippen LogP contribution in [0.1, 0.15) is 30.1 Å². The highest BCUT2D eigenvalue weighted by molar-refractivity contribution is 9.10. The molecule has 0 saturated carbocycles. The van der Waals surface area contributed by atoms with Gasteiger partial charge >= 0.3 is 0 Å². The van der Waals surface area contributed by atoms with E-state index in [4.69, 9.17) is 4.74 Å². The van der Waals surface area contributed by atoms with Gasteiger partial charge in [0.25, 0.3) is 5.91 Å². The van der Waals surface area contributed by atoms with E-state index in [1.54, 1.807) is 12.1 Å². The summed E-state index contributed by atoms with van der Waals surface area (Å²) in [6, 6.07) is 7.33. The summed E-state index contributed by atoms with van der Waals surface area (Å²) < 4.78 is 6.27.